The minimum Gasteiger partial charge on any atom is -0.444 e. The van der Waals surface area contributed by atoms with Crippen molar-refractivity contribution in [1.29, 1.82) is 0 Å². The fourth-order valence-corrected chi connectivity index (χ4v) is 1.94. The summed E-state index contributed by atoms with van der Waals surface area (Å²) < 4.78 is 5.23. The Hall–Kier alpha value is -1.26. The van der Waals surface area contributed by atoms with E-state index in [0.29, 0.717) is 6.54 Å². The first-order valence-corrected chi connectivity index (χ1v) is 5.17. The molecule has 0 aromatic carbocycles. The van der Waals surface area contributed by atoms with E-state index >= 15 is 0 Å². The lowest BCUT2D eigenvalue weighted by molar-refractivity contribution is -0.140. The zero-order valence-corrected chi connectivity index (χ0v) is 9.24. The number of hydrogen-bond donors (Lipinski definition) is 1. The molecule has 5 nitrogen and oxygen atoms in total. The normalized spacial score (nSPS) is 29.3. The van der Waals surface area contributed by atoms with E-state index in [1.165, 1.54) is 0 Å². The van der Waals surface area contributed by atoms with Crippen molar-refractivity contribution in [3.05, 3.63) is 0 Å². The molecule has 0 unspecified atom stereocenters. The fraction of sp³-hybridized carbons (Fsp3) is 0.800. The molecule has 3 fully saturated rings. The maximum atomic E-state index is 11.7. The molecule has 5 heteroatoms. The van der Waals surface area contributed by atoms with Crippen LogP contribution in [0.4, 0.5) is 4.79 Å². The SMILES string of the molecule is CC(C)(C)OC(=O)N1[C@H]2CNC(=O)[C@H]1C2. The van der Waals surface area contributed by atoms with Gasteiger partial charge in [0.05, 0.1) is 6.04 Å². The molecule has 0 aromatic rings. The third-order valence-electron chi connectivity index (χ3n) is 2.64. The van der Waals surface area contributed by atoms with Crippen LogP contribution in [0.25, 0.3) is 0 Å². The average Bonchev–Trinajstić information content (AvgIpc) is 1.98. The number of carbonyl (C=O) groups excluding carboxylic acids is 2. The van der Waals surface area contributed by atoms with Gasteiger partial charge in [0.1, 0.15) is 11.6 Å². The summed E-state index contributed by atoms with van der Waals surface area (Å²) in [6.07, 6.45) is 0.393. The van der Waals surface area contributed by atoms with Crippen molar-refractivity contribution in [3.63, 3.8) is 0 Å². The smallest absolute Gasteiger partial charge is 0.411 e. The molecule has 3 aliphatic heterocycles. The molecule has 1 N–H and O–H groups in total. The van der Waals surface area contributed by atoms with E-state index in [9.17, 15) is 9.59 Å². The Labute approximate surface area is 88.8 Å². The molecule has 0 aliphatic carbocycles. The first-order chi connectivity index (χ1) is 6.88. The van der Waals surface area contributed by atoms with Gasteiger partial charge in [-0.3, -0.25) is 9.69 Å². The molecule has 2 amide bonds. The quantitative estimate of drug-likeness (QED) is 0.636. The monoisotopic (exact) mass is 212 g/mol. The van der Waals surface area contributed by atoms with E-state index in [1.54, 1.807) is 4.90 Å². The second kappa shape index (κ2) is 3.12. The number of fused-ring (bicyclic) bond motifs is 2. The van der Waals surface area contributed by atoms with Gasteiger partial charge in [0, 0.05) is 6.54 Å². The van der Waals surface area contributed by atoms with Gasteiger partial charge in [-0.1, -0.05) is 0 Å². The van der Waals surface area contributed by atoms with Crippen molar-refractivity contribution in [2.24, 2.45) is 0 Å². The van der Waals surface area contributed by atoms with Gasteiger partial charge in [-0.25, -0.2) is 4.79 Å². The number of carbonyl (C=O) groups is 2. The molecule has 2 atom stereocenters. The van der Waals surface area contributed by atoms with Crippen molar-refractivity contribution >= 4 is 12.0 Å². The standard InChI is InChI=1S/C10H16N2O3/c1-10(2,3)15-9(14)12-6-4-7(12)8(13)11-5-6/h6-7H,4-5H2,1-3H3,(H,11,13)/t6-,7-/m1/s1. The highest BCUT2D eigenvalue weighted by molar-refractivity contribution is 5.89. The van der Waals surface area contributed by atoms with Crippen molar-refractivity contribution in [1.82, 2.24) is 10.2 Å². The van der Waals surface area contributed by atoms with Crippen LogP contribution in [0.15, 0.2) is 0 Å². The van der Waals surface area contributed by atoms with Gasteiger partial charge in [0.15, 0.2) is 0 Å². The minimum absolute atomic E-state index is 0.0663. The summed E-state index contributed by atoms with van der Waals surface area (Å²) in [6.45, 7) is 6.01. The number of nitrogens with zero attached hydrogens (tertiary/aromatic N) is 1. The summed E-state index contributed by atoms with van der Waals surface area (Å²) in [6, 6.07) is -0.179. The Morgan fingerprint density at radius 2 is 2.20 bits per heavy atom. The lowest BCUT2D eigenvalue weighted by atomic mass is 9.89. The first kappa shape index (κ1) is 10.3. The van der Waals surface area contributed by atoms with E-state index in [1.807, 2.05) is 20.8 Å². The Morgan fingerprint density at radius 1 is 1.53 bits per heavy atom. The number of rotatable bonds is 0. The Balaban J connectivity index is 2.01. The van der Waals surface area contributed by atoms with Crippen molar-refractivity contribution in [2.45, 2.75) is 44.9 Å². The third kappa shape index (κ3) is 1.78. The van der Waals surface area contributed by atoms with Crippen LogP contribution in [0, 0.1) is 0 Å². The third-order valence-corrected chi connectivity index (χ3v) is 2.64. The summed E-state index contributed by atoms with van der Waals surface area (Å²) in [5.41, 5.74) is -0.503. The van der Waals surface area contributed by atoms with Crippen LogP contribution in [0.2, 0.25) is 0 Å². The van der Waals surface area contributed by atoms with Crippen molar-refractivity contribution in [3.8, 4) is 0 Å². The van der Waals surface area contributed by atoms with Gasteiger partial charge in [0.2, 0.25) is 5.91 Å². The maximum absolute atomic E-state index is 11.7. The van der Waals surface area contributed by atoms with Crippen LogP contribution in [-0.4, -0.2) is 41.1 Å². The van der Waals surface area contributed by atoms with Gasteiger partial charge < -0.3 is 10.1 Å². The molecule has 2 bridgehead atoms. The predicted molar refractivity (Wildman–Crippen MR) is 53.3 cm³/mol. The van der Waals surface area contributed by atoms with E-state index in [0.717, 1.165) is 6.42 Å². The zero-order chi connectivity index (χ0) is 11.2. The lowest BCUT2D eigenvalue weighted by Gasteiger charge is -2.51. The summed E-state index contributed by atoms with van der Waals surface area (Å²) in [4.78, 5) is 24.6. The topological polar surface area (TPSA) is 58.6 Å². The fourth-order valence-electron chi connectivity index (χ4n) is 1.94. The number of piperazine rings is 1. The summed E-state index contributed by atoms with van der Waals surface area (Å²) in [5.74, 6) is -0.0663. The Morgan fingerprint density at radius 3 is 2.67 bits per heavy atom. The second-order valence-electron chi connectivity index (χ2n) is 5.04. The highest BCUT2D eigenvalue weighted by Gasteiger charge is 2.50. The lowest BCUT2D eigenvalue weighted by Crippen LogP contribution is -2.72. The predicted octanol–water partition coefficient (Wildman–Crippen LogP) is 0.494. The molecule has 84 valence electrons. The van der Waals surface area contributed by atoms with Gasteiger partial charge in [0.25, 0.3) is 0 Å². The number of ether oxygens (including phenoxy) is 1. The zero-order valence-electron chi connectivity index (χ0n) is 9.24. The molecule has 3 aliphatic rings. The summed E-state index contributed by atoms with van der Waals surface area (Å²) >= 11 is 0. The molecular weight excluding hydrogens is 196 g/mol. The maximum Gasteiger partial charge on any atom is 0.411 e. The van der Waals surface area contributed by atoms with Crippen LogP contribution in [0.3, 0.4) is 0 Å². The largest absolute Gasteiger partial charge is 0.444 e. The molecule has 3 heterocycles. The van der Waals surface area contributed by atoms with E-state index < -0.39 is 5.60 Å². The summed E-state index contributed by atoms with van der Waals surface area (Å²) in [7, 11) is 0. The molecular formula is C10H16N2O3. The number of nitrogens with one attached hydrogen (secondary N) is 1. The van der Waals surface area contributed by atoms with Gasteiger partial charge in [-0.2, -0.15) is 0 Å². The van der Waals surface area contributed by atoms with Gasteiger partial charge in [-0.05, 0) is 27.2 Å². The highest BCUT2D eigenvalue weighted by atomic mass is 16.6. The van der Waals surface area contributed by atoms with Crippen molar-refractivity contribution in [2.75, 3.05) is 6.54 Å². The summed E-state index contributed by atoms with van der Waals surface area (Å²) in [5, 5.41) is 2.74. The molecule has 0 spiro atoms. The van der Waals surface area contributed by atoms with E-state index in [4.69, 9.17) is 4.74 Å². The van der Waals surface area contributed by atoms with Crippen LogP contribution >= 0.6 is 0 Å². The molecule has 0 saturated carbocycles. The van der Waals surface area contributed by atoms with E-state index in [2.05, 4.69) is 5.32 Å². The number of hydrogen-bond acceptors (Lipinski definition) is 3. The van der Waals surface area contributed by atoms with Crippen LogP contribution in [0.5, 0.6) is 0 Å². The van der Waals surface area contributed by atoms with Gasteiger partial charge >= 0.3 is 6.09 Å². The molecule has 15 heavy (non-hydrogen) atoms. The molecule has 0 aromatic heterocycles. The second-order valence-corrected chi connectivity index (χ2v) is 5.04. The minimum atomic E-state index is -0.503. The van der Waals surface area contributed by atoms with Crippen LogP contribution < -0.4 is 5.32 Å². The van der Waals surface area contributed by atoms with Crippen LogP contribution in [-0.2, 0) is 9.53 Å². The van der Waals surface area contributed by atoms with Gasteiger partial charge in [-0.15, -0.1) is 0 Å². The molecule has 3 rings (SSSR count). The number of amides is 2. The van der Waals surface area contributed by atoms with E-state index in [-0.39, 0.29) is 24.1 Å². The first-order valence-electron chi connectivity index (χ1n) is 5.17. The highest BCUT2D eigenvalue weighted by Crippen LogP contribution is 2.30. The Kier molecular flexibility index (Phi) is 2.13. The molecule has 3 saturated heterocycles. The van der Waals surface area contributed by atoms with Crippen molar-refractivity contribution < 1.29 is 14.3 Å². The average molecular weight is 212 g/mol. The van der Waals surface area contributed by atoms with Crippen LogP contribution in [0.1, 0.15) is 27.2 Å². The molecule has 0 radical (unpaired) electrons. The Bertz CT molecular complexity index is 306. The number of piperidine rings is 1.